The van der Waals surface area contributed by atoms with Crippen LogP contribution < -0.4 is 5.48 Å². The molecule has 1 fully saturated rings. The molecular formula is C10H11NO. The average molecular weight is 161 g/mol. The molecule has 12 heavy (non-hydrogen) atoms. The number of fused-ring (bicyclic) bond motifs is 4. The first kappa shape index (κ1) is 6.63. The Bertz CT molecular complexity index is 310. The maximum absolute atomic E-state index is 5.41. The molecule has 2 aliphatic rings. The molecule has 1 heterocycles. The van der Waals surface area contributed by atoms with Gasteiger partial charge >= 0.3 is 0 Å². The number of nitrogens with one attached hydrogen (secondary N) is 1. The van der Waals surface area contributed by atoms with Gasteiger partial charge in [0, 0.05) is 6.42 Å². The van der Waals surface area contributed by atoms with Gasteiger partial charge in [0.15, 0.2) is 0 Å². The van der Waals surface area contributed by atoms with Gasteiger partial charge in [-0.1, -0.05) is 24.3 Å². The molecule has 2 nitrogen and oxygen atoms in total. The van der Waals surface area contributed by atoms with Crippen molar-refractivity contribution in [1.82, 2.24) is 5.48 Å². The molecule has 1 aliphatic carbocycles. The van der Waals surface area contributed by atoms with Crippen LogP contribution in [-0.2, 0) is 11.3 Å². The van der Waals surface area contributed by atoms with E-state index in [1.54, 1.807) is 0 Å². The third-order valence-electron chi connectivity index (χ3n) is 2.75. The lowest BCUT2D eigenvalue weighted by Crippen LogP contribution is -2.15. The van der Waals surface area contributed by atoms with Crippen LogP contribution in [0.4, 0.5) is 0 Å². The second-order valence-corrected chi connectivity index (χ2v) is 3.55. The molecule has 2 bridgehead atoms. The summed E-state index contributed by atoms with van der Waals surface area (Å²) in [6, 6.07) is 9.03. The summed E-state index contributed by atoms with van der Waals surface area (Å²) in [7, 11) is 0. The Hall–Kier alpha value is -0.860. The Labute approximate surface area is 71.5 Å². The van der Waals surface area contributed by atoms with Gasteiger partial charge in [0.05, 0.1) is 12.1 Å². The van der Waals surface area contributed by atoms with Crippen molar-refractivity contribution >= 4 is 0 Å². The predicted molar refractivity (Wildman–Crippen MR) is 45.5 cm³/mol. The summed E-state index contributed by atoms with van der Waals surface area (Å²) < 4.78 is 0. The molecule has 0 aromatic heterocycles. The topological polar surface area (TPSA) is 21.3 Å². The minimum absolute atomic E-state index is 0.407. The number of benzene rings is 1. The van der Waals surface area contributed by atoms with E-state index in [2.05, 4.69) is 29.7 Å². The molecule has 0 saturated carbocycles. The third kappa shape index (κ3) is 0.822. The Balaban J connectivity index is 2.13. The minimum atomic E-state index is 0.407. The van der Waals surface area contributed by atoms with Crippen molar-refractivity contribution < 1.29 is 4.84 Å². The van der Waals surface area contributed by atoms with Gasteiger partial charge in [0.1, 0.15) is 0 Å². The Morgan fingerprint density at radius 3 is 3.25 bits per heavy atom. The SMILES string of the molecule is c1ccc2c(c1)CC1CC2NO1. The fourth-order valence-corrected chi connectivity index (χ4v) is 2.16. The molecule has 0 radical (unpaired) electrons. The molecular weight excluding hydrogens is 150 g/mol. The van der Waals surface area contributed by atoms with Crippen molar-refractivity contribution in [2.45, 2.75) is 25.0 Å². The Morgan fingerprint density at radius 1 is 1.33 bits per heavy atom. The molecule has 2 heteroatoms. The van der Waals surface area contributed by atoms with E-state index in [1.807, 2.05) is 0 Å². The Morgan fingerprint density at radius 2 is 2.25 bits per heavy atom. The van der Waals surface area contributed by atoms with Crippen molar-refractivity contribution in [2.75, 3.05) is 0 Å². The van der Waals surface area contributed by atoms with Gasteiger partial charge in [-0.15, -0.1) is 0 Å². The fourth-order valence-electron chi connectivity index (χ4n) is 2.16. The molecule has 0 amide bonds. The summed E-state index contributed by atoms with van der Waals surface area (Å²) in [5, 5.41) is 0. The van der Waals surface area contributed by atoms with Crippen molar-refractivity contribution in [3.05, 3.63) is 35.4 Å². The zero-order chi connectivity index (χ0) is 7.97. The molecule has 0 spiro atoms. The average Bonchev–Trinajstić information content (AvgIpc) is 2.49. The van der Waals surface area contributed by atoms with Gasteiger partial charge in [0.25, 0.3) is 0 Å². The van der Waals surface area contributed by atoms with Crippen LogP contribution in [0, 0.1) is 0 Å². The lowest BCUT2D eigenvalue weighted by atomic mass is 9.87. The van der Waals surface area contributed by atoms with Crippen molar-refractivity contribution in [1.29, 1.82) is 0 Å². The quantitative estimate of drug-likeness (QED) is 0.623. The second kappa shape index (κ2) is 2.31. The highest BCUT2D eigenvalue weighted by Gasteiger charge is 2.33. The first-order valence-corrected chi connectivity index (χ1v) is 4.42. The van der Waals surface area contributed by atoms with Gasteiger partial charge in [0.2, 0.25) is 0 Å². The maximum Gasteiger partial charge on any atom is 0.0849 e. The fraction of sp³-hybridized carbons (Fsp3) is 0.400. The minimum Gasteiger partial charge on any atom is -0.297 e. The lowest BCUT2D eigenvalue weighted by molar-refractivity contribution is 0.0311. The van der Waals surface area contributed by atoms with E-state index in [1.165, 1.54) is 11.1 Å². The van der Waals surface area contributed by atoms with Gasteiger partial charge in [-0.05, 0) is 17.5 Å². The smallest absolute Gasteiger partial charge is 0.0849 e. The summed E-state index contributed by atoms with van der Waals surface area (Å²) in [5.74, 6) is 0. The molecule has 2 atom stereocenters. The molecule has 1 aromatic carbocycles. The van der Waals surface area contributed by atoms with Crippen LogP contribution in [0.15, 0.2) is 24.3 Å². The zero-order valence-electron chi connectivity index (χ0n) is 6.79. The largest absolute Gasteiger partial charge is 0.297 e. The summed E-state index contributed by atoms with van der Waals surface area (Å²) in [6.07, 6.45) is 2.61. The standard InChI is InChI=1S/C10H11NO/c1-2-4-9-7(3-1)5-8-6-10(9)11-12-8/h1-4,8,10-11H,5-6H2. The van der Waals surface area contributed by atoms with Gasteiger partial charge < -0.3 is 0 Å². The van der Waals surface area contributed by atoms with E-state index < -0.39 is 0 Å². The van der Waals surface area contributed by atoms with Crippen LogP contribution in [0.3, 0.4) is 0 Å². The van der Waals surface area contributed by atoms with Crippen LogP contribution in [-0.4, -0.2) is 6.10 Å². The number of rotatable bonds is 0. The normalized spacial score (nSPS) is 31.7. The summed E-state index contributed by atoms with van der Waals surface area (Å²) in [4.78, 5) is 5.41. The molecule has 1 saturated heterocycles. The van der Waals surface area contributed by atoms with E-state index in [9.17, 15) is 0 Å². The van der Waals surface area contributed by atoms with Crippen LogP contribution in [0.5, 0.6) is 0 Å². The number of hydroxylamine groups is 1. The van der Waals surface area contributed by atoms with E-state index in [0.717, 1.165) is 12.8 Å². The second-order valence-electron chi connectivity index (χ2n) is 3.55. The molecule has 1 N–H and O–H groups in total. The summed E-state index contributed by atoms with van der Waals surface area (Å²) in [6.45, 7) is 0. The van der Waals surface area contributed by atoms with E-state index in [-0.39, 0.29) is 0 Å². The van der Waals surface area contributed by atoms with E-state index >= 15 is 0 Å². The Kier molecular flexibility index (Phi) is 1.28. The predicted octanol–water partition coefficient (Wildman–Crippen LogP) is 1.58. The lowest BCUT2D eigenvalue weighted by Gasteiger charge is -2.18. The highest BCUT2D eigenvalue weighted by molar-refractivity contribution is 5.33. The molecule has 3 rings (SSSR count). The van der Waals surface area contributed by atoms with Gasteiger partial charge in [-0.3, -0.25) is 4.84 Å². The zero-order valence-corrected chi connectivity index (χ0v) is 6.79. The molecule has 1 aromatic rings. The van der Waals surface area contributed by atoms with Crippen molar-refractivity contribution in [3.63, 3.8) is 0 Å². The maximum atomic E-state index is 5.41. The molecule has 2 unspecified atom stereocenters. The first-order chi connectivity index (χ1) is 5.93. The number of hydrogen-bond donors (Lipinski definition) is 1. The monoisotopic (exact) mass is 161 g/mol. The first-order valence-electron chi connectivity index (χ1n) is 4.42. The molecule has 62 valence electrons. The van der Waals surface area contributed by atoms with Crippen LogP contribution in [0.25, 0.3) is 0 Å². The van der Waals surface area contributed by atoms with Gasteiger partial charge in [-0.25, -0.2) is 0 Å². The van der Waals surface area contributed by atoms with Crippen LogP contribution >= 0.6 is 0 Å². The number of hydrogen-bond acceptors (Lipinski definition) is 2. The highest BCUT2D eigenvalue weighted by Crippen LogP contribution is 2.34. The van der Waals surface area contributed by atoms with Crippen LogP contribution in [0.1, 0.15) is 23.6 Å². The highest BCUT2D eigenvalue weighted by atomic mass is 16.7. The van der Waals surface area contributed by atoms with Gasteiger partial charge in [-0.2, -0.15) is 5.48 Å². The third-order valence-corrected chi connectivity index (χ3v) is 2.75. The van der Waals surface area contributed by atoms with Crippen molar-refractivity contribution in [3.8, 4) is 0 Å². The van der Waals surface area contributed by atoms with Crippen LogP contribution in [0.2, 0.25) is 0 Å². The summed E-state index contributed by atoms with van der Waals surface area (Å²) >= 11 is 0. The van der Waals surface area contributed by atoms with E-state index in [4.69, 9.17) is 4.84 Å². The van der Waals surface area contributed by atoms with E-state index in [0.29, 0.717) is 12.1 Å². The summed E-state index contributed by atoms with van der Waals surface area (Å²) in [5.41, 5.74) is 5.95. The molecule has 1 aliphatic heterocycles. The van der Waals surface area contributed by atoms with Crippen molar-refractivity contribution in [2.24, 2.45) is 0 Å².